The Morgan fingerprint density at radius 3 is 2.36 bits per heavy atom. The highest BCUT2D eigenvalue weighted by Gasteiger charge is 2.21. The van der Waals surface area contributed by atoms with Gasteiger partial charge in [0.25, 0.3) is 5.91 Å². The minimum absolute atomic E-state index is 0.00550. The molecule has 1 aliphatic rings. The van der Waals surface area contributed by atoms with E-state index in [0.29, 0.717) is 17.7 Å². The van der Waals surface area contributed by atoms with E-state index < -0.39 is 0 Å². The molecular formula is C21H24N2O2. The summed E-state index contributed by atoms with van der Waals surface area (Å²) in [6, 6.07) is 15.2. The molecule has 0 aliphatic carbocycles. The first-order valence-electron chi connectivity index (χ1n) is 8.87. The Kier molecular flexibility index (Phi) is 5.49. The van der Waals surface area contributed by atoms with Gasteiger partial charge in [-0.15, -0.1) is 0 Å². The fourth-order valence-corrected chi connectivity index (χ4v) is 3.13. The molecule has 25 heavy (non-hydrogen) atoms. The molecule has 0 radical (unpaired) electrons. The highest BCUT2D eigenvalue weighted by atomic mass is 16.2. The average molecular weight is 336 g/mol. The fourth-order valence-electron chi connectivity index (χ4n) is 3.13. The zero-order chi connectivity index (χ0) is 17.6. The van der Waals surface area contributed by atoms with E-state index in [0.717, 1.165) is 31.5 Å². The van der Waals surface area contributed by atoms with Crippen molar-refractivity contribution in [2.24, 2.45) is 0 Å². The van der Waals surface area contributed by atoms with Gasteiger partial charge >= 0.3 is 0 Å². The molecule has 1 saturated heterocycles. The normalized spacial score (nSPS) is 14.2. The molecular weight excluding hydrogens is 312 g/mol. The summed E-state index contributed by atoms with van der Waals surface area (Å²) in [5.74, 6) is -0.103. The number of aryl methyl sites for hydroxylation is 1. The molecule has 130 valence electrons. The smallest absolute Gasteiger partial charge is 0.255 e. The lowest BCUT2D eigenvalue weighted by Gasteiger charge is -2.27. The summed E-state index contributed by atoms with van der Waals surface area (Å²) in [7, 11) is 0. The Morgan fingerprint density at radius 2 is 1.64 bits per heavy atom. The van der Waals surface area contributed by atoms with Gasteiger partial charge in [-0.3, -0.25) is 9.59 Å². The van der Waals surface area contributed by atoms with Gasteiger partial charge in [0.2, 0.25) is 5.91 Å². The van der Waals surface area contributed by atoms with Crippen LogP contribution in [-0.4, -0.2) is 29.8 Å². The predicted octanol–water partition coefficient (Wildman–Crippen LogP) is 3.80. The molecule has 3 rings (SSSR count). The molecule has 1 aliphatic heterocycles. The van der Waals surface area contributed by atoms with E-state index in [1.54, 1.807) is 12.1 Å². The molecule has 0 atom stereocenters. The quantitative estimate of drug-likeness (QED) is 0.923. The molecule has 0 spiro atoms. The van der Waals surface area contributed by atoms with Crippen LogP contribution in [-0.2, 0) is 11.2 Å². The van der Waals surface area contributed by atoms with Crippen LogP contribution in [0, 0.1) is 6.92 Å². The number of carbonyl (C=O) groups is 2. The van der Waals surface area contributed by atoms with E-state index in [9.17, 15) is 9.59 Å². The first-order valence-corrected chi connectivity index (χ1v) is 8.87. The number of carbonyl (C=O) groups excluding carboxylic acids is 2. The lowest BCUT2D eigenvalue weighted by Crippen LogP contribution is -2.36. The second-order valence-corrected chi connectivity index (χ2v) is 6.61. The van der Waals surface area contributed by atoms with Crippen LogP contribution in [0.15, 0.2) is 48.5 Å². The first-order chi connectivity index (χ1) is 12.1. The third-order valence-electron chi connectivity index (χ3n) is 4.56. The lowest BCUT2D eigenvalue weighted by atomic mass is 10.1. The van der Waals surface area contributed by atoms with Gasteiger partial charge in [0.1, 0.15) is 0 Å². The van der Waals surface area contributed by atoms with Gasteiger partial charge in [0.15, 0.2) is 0 Å². The van der Waals surface area contributed by atoms with Gasteiger partial charge in [-0.05, 0) is 43.9 Å². The molecule has 2 aromatic carbocycles. The maximum Gasteiger partial charge on any atom is 0.255 e. The minimum Gasteiger partial charge on any atom is -0.339 e. The highest BCUT2D eigenvalue weighted by Crippen LogP contribution is 2.20. The van der Waals surface area contributed by atoms with Crippen LogP contribution in [0.2, 0.25) is 0 Å². The number of hydrogen-bond donors (Lipinski definition) is 1. The summed E-state index contributed by atoms with van der Waals surface area (Å²) < 4.78 is 0. The first kappa shape index (κ1) is 17.2. The van der Waals surface area contributed by atoms with Gasteiger partial charge < -0.3 is 10.2 Å². The molecule has 2 aromatic rings. The van der Waals surface area contributed by atoms with Crippen molar-refractivity contribution < 1.29 is 9.59 Å². The Hall–Kier alpha value is -2.62. The monoisotopic (exact) mass is 336 g/mol. The summed E-state index contributed by atoms with van der Waals surface area (Å²) in [5.41, 5.74) is 3.29. The van der Waals surface area contributed by atoms with Crippen LogP contribution in [0.5, 0.6) is 0 Å². The molecule has 1 fully saturated rings. The minimum atomic E-state index is -0.109. The second kappa shape index (κ2) is 7.97. The zero-order valence-corrected chi connectivity index (χ0v) is 14.6. The molecule has 2 amide bonds. The second-order valence-electron chi connectivity index (χ2n) is 6.61. The highest BCUT2D eigenvalue weighted by molar-refractivity contribution is 6.04. The Balaban J connectivity index is 1.70. The van der Waals surface area contributed by atoms with Crippen molar-refractivity contribution in [3.8, 4) is 0 Å². The van der Waals surface area contributed by atoms with Crippen molar-refractivity contribution in [3.05, 3.63) is 65.2 Å². The number of nitrogens with one attached hydrogen (secondary N) is 1. The van der Waals surface area contributed by atoms with Crippen molar-refractivity contribution in [3.63, 3.8) is 0 Å². The van der Waals surface area contributed by atoms with Crippen molar-refractivity contribution in [2.75, 3.05) is 18.4 Å². The summed E-state index contributed by atoms with van der Waals surface area (Å²) in [4.78, 5) is 27.0. The largest absolute Gasteiger partial charge is 0.339 e. The average Bonchev–Trinajstić information content (AvgIpc) is 2.64. The summed E-state index contributed by atoms with van der Waals surface area (Å²) in [5, 5.41) is 2.91. The maximum atomic E-state index is 12.8. The number of rotatable bonds is 4. The molecule has 1 N–H and O–H groups in total. The van der Waals surface area contributed by atoms with Gasteiger partial charge in [-0.25, -0.2) is 0 Å². The van der Waals surface area contributed by atoms with Gasteiger partial charge in [-0.2, -0.15) is 0 Å². The number of piperidine rings is 1. The van der Waals surface area contributed by atoms with E-state index in [1.807, 2.05) is 48.2 Å². The van der Waals surface area contributed by atoms with E-state index in [2.05, 4.69) is 5.32 Å². The molecule has 0 unspecified atom stereocenters. The van der Waals surface area contributed by atoms with Crippen molar-refractivity contribution in [1.82, 2.24) is 4.90 Å². The molecule has 4 heteroatoms. The molecule has 1 heterocycles. The number of anilines is 1. The summed E-state index contributed by atoms with van der Waals surface area (Å²) in [6.45, 7) is 3.61. The third-order valence-corrected chi connectivity index (χ3v) is 4.56. The standard InChI is InChI=1S/C21H24N2O2/c1-16-9-11-17(12-10-16)15-20(24)22-19-8-4-3-7-18(19)21(25)23-13-5-2-6-14-23/h3-4,7-12H,2,5-6,13-15H2,1H3,(H,22,24). The number of para-hydroxylation sites is 1. The Morgan fingerprint density at radius 1 is 0.960 bits per heavy atom. The van der Waals surface area contributed by atoms with Crippen molar-refractivity contribution in [1.29, 1.82) is 0 Å². The molecule has 0 bridgehead atoms. The fraction of sp³-hybridized carbons (Fsp3) is 0.333. The van der Waals surface area contributed by atoms with Gasteiger partial charge in [0.05, 0.1) is 17.7 Å². The lowest BCUT2D eigenvalue weighted by molar-refractivity contribution is -0.115. The predicted molar refractivity (Wildman–Crippen MR) is 99.7 cm³/mol. The summed E-state index contributed by atoms with van der Waals surface area (Å²) >= 11 is 0. The summed E-state index contributed by atoms with van der Waals surface area (Å²) in [6.07, 6.45) is 3.58. The van der Waals surface area contributed by atoms with Crippen LogP contribution < -0.4 is 5.32 Å². The van der Waals surface area contributed by atoms with Gasteiger partial charge in [0, 0.05) is 13.1 Å². The Labute approximate surface area is 148 Å². The van der Waals surface area contributed by atoms with Crippen molar-refractivity contribution in [2.45, 2.75) is 32.6 Å². The third kappa shape index (κ3) is 4.47. The number of benzene rings is 2. The maximum absolute atomic E-state index is 12.8. The van der Waals surface area contributed by atoms with E-state index in [-0.39, 0.29) is 11.8 Å². The number of nitrogens with zero attached hydrogens (tertiary/aromatic N) is 1. The number of hydrogen-bond acceptors (Lipinski definition) is 2. The molecule has 0 aromatic heterocycles. The number of likely N-dealkylation sites (tertiary alicyclic amines) is 1. The van der Waals surface area contributed by atoms with E-state index >= 15 is 0 Å². The van der Waals surface area contributed by atoms with Crippen LogP contribution >= 0.6 is 0 Å². The van der Waals surface area contributed by atoms with Crippen molar-refractivity contribution >= 4 is 17.5 Å². The number of amides is 2. The van der Waals surface area contributed by atoms with Crippen LogP contribution in [0.3, 0.4) is 0 Å². The molecule has 4 nitrogen and oxygen atoms in total. The SMILES string of the molecule is Cc1ccc(CC(=O)Nc2ccccc2C(=O)N2CCCCC2)cc1. The van der Waals surface area contributed by atoms with Crippen LogP contribution in [0.4, 0.5) is 5.69 Å². The van der Waals surface area contributed by atoms with E-state index in [1.165, 1.54) is 12.0 Å². The van der Waals surface area contributed by atoms with Crippen LogP contribution in [0.1, 0.15) is 40.7 Å². The topological polar surface area (TPSA) is 49.4 Å². The van der Waals surface area contributed by atoms with Gasteiger partial charge in [-0.1, -0.05) is 42.0 Å². The van der Waals surface area contributed by atoms with E-state index in [4.69, 9.17) is 0 Å². The zero-order valence-electron chi connectivity index (χ0n) is 14.6. The molecule has 0 saturated carbocycles. The Bertz CT molecular complexity index is 747. The van der Waals surface area contributed by atoms with Crippen LogP contribution in [0.25, 0.3) is 0 Å².